The second kappa shape index (κ2) is 7.65. The predicted octanol–water partition coefficient (Wildman–Crippen LogP) is 4.34. The minimum absolute atomic E-state index is 0.0201. The van der Waals surface area contributed by atoms with E-state index in [-0.39, 0.29) is 11.9 Å². The number of nitrogen functional groups attached to an aromatic ring is 1. The second-order valence-electron chi connectivity index (χ2n) is 7.64. The van der Waals surface area contributed by atoms with Crippen LogP contribution in [0, 0.1) is 0 Å². The lowest BCUT2D eigenvalue weighted by molar-refractivity contribution is 0.0285. The topological polar surface area (TPSA) is 77.7 Å². The van der Waals surface area contributed by atoms with Gasteiger partial charge in [-0.25, -0.2) is 4.98 Å². The molecule has 2 N–H and O–H groups in total. The lowest BCUT2D eigenvalue weighted by atomic mass is 9.96. The lowest BCUT2D eigenvalue weighted by Crippen LogP contribution is -2.39. The molecule has 0 spiro atoms. The fraction of sp³-hybridized carbons (Fsp3) is 0.304. The van der Waals surface area contributed by atoms with Crippen LogP contribution in [-0.4, -0.2) is 28.9 Å². The van der Waals surface area contributed by atoms with Crippen LogP contribution in [0.4, 0.5) is 5.82 Å². The van der Waals surface area contributed by atoms with Crippen molar-refractivity contribution >= 4 is 38.6 Å². The first kappa shape index (κ1) is 19.5. The molecule has 0 radical (unpaired) electrons. The van der Waals surface area contributed by atoms with E-state index in [0.717, 1.165) is 37.6 Å². The molecular weight excluding hydrogens is 446 g/mol. The Morgan fingerprint density at radius 2 is 2.00 bits per heavy atom. The van der Waals surface area contributed by atoms with Crippen molar-refractivity contribution in [3.05, 3.63) is 68.7 Å². The molecule has 2 aliphatic rings. The van der Waals surface area contributed by atoms with Gasteiger partial charge in [0.15, 0.2) is 0 Å². The maximum Gasteiger partial charge on any atom is 0.254 e. The third-order valence-corrected chi connectivity index (χ3v) is 6.44. The number of anilines is 1. The SMILES string of the molecule is CCN(C(=O)c1ccc2nc(N)c3c(c2c1)COC3)[C@@H]1COCc2cc(Br)ccc21. The summed E-state index contributed by atoms with van der Waals surface area (Å²) < 4.78 is 12.4. The van der Waals surface area contributed by atoms with Gasteiger partial charge in [0, 0.05) is 27.5 Å². The largest absolute Gasteiger partial charge is 0.383 e. The van der Waals surface area contributed by atoms with Crippen molar-refractivity contribution < 1.29 is 14.3 Å². The molecule has 1 aromatic heterocycles. The Labute approximate surface area is 183 Å². The van der Waals surface area contributed by atoms with Gasteiger partial charge in [0.2, 0.25) is 0 Å². The average Bonchev–Trinajstić information content (AvgIpc) is 3.25. The first-order valence-corrected chi connectivity index (χ1v) is 10.8. The molecule has 154 valence electrons. The van der Waals surface area contributed by atoms with Crippen LogP contribution in [-0.2, 0) is 29.3 Å². The Bertz CT molecular complexity index is 1160. The van der Waals surface area contributed by atoms with E-state index in [1.54, 1.807) is 0 Å². The van der Waals surface area contributed by atoms with Crippen LogP contribution >= 0.6 is 15.9 Å². The van der Waals surface area contributed by atoms with Crippen molar-refractivity contribution in [3.63, 3.8) is 0 Å². The number of ether oxygens (including phenoxy) is 2. The van der Waals surface area contributed by atoms with E-state index in [2.05, 4.69) is 33.0 Å². The number of likely N-dealkylation sites (N-methyl/N-ethyl adjacent to an activating group) is 1. The van der Waals surface area contributed by atoms with Gasteiger partial charge in [-0.1, -0.05) is 22.0 Å². The number of fused-ring (bicyclic) bond motifs is 4. The molecule has 2 aromatic carbocycles. The van der Waals surface area contributed by atoms with Gasteiger partial charge in [-0.05, 0) is 53.9 Å². The Kier molecular flexibility index (Phi) is 4.97. The first-order chi connectivity index (χ1) is 14.6. The Morgan fingerprint density at radius 1 is 1.17 bits per heavy atom. The van der Waals surface area contributed by atoms with E-state index in [1.165, 1.54) is 0 Å². The summed E-state index contributed by atoms with van der Waals surface area (Å²) in [5.74, 6) is 0.486. The molecule has 5 rings (SSSR count). The third kappa shape index (κ3) is 3.17. The molecule has 0 saturated heterocycles. The van der Waals surface area contributed by atoms with Gasteiger partial charge in [0.05, 0.1) is 38.0 Å². The number of amides is 1. The van der Waals surface area contributed by atoms with Crippen LogP contribution in [0.2, 0.25) is 0 Å². The first-order valence-electron chi connectivity index (χ1n) is 10.0. The molecule has 3 heterocycles. The number of nitrogens with zero attached hydrogens (tertiary/aromatic N) is 2. The van der Waals surface area contributed by atoms with Gasteiger partial charge in [0.25, 0.3) is 5.91 Å². The predicted molar refractivity (Wildman–Crippen MR) is 118 cm³/mol. The monoisotopic (exact) mass is 467 g/mol. The molecule has 0 bridgehead atoms. The molecule has 6 nitrogen and oxygen atoms in total. The van der Waals surface area contributed by atoms with Gasteiger partial charge in [-0.3, -0.25) is 4.79 Å². The summed E-state index contributed by atoms with van der Waals surface area (Å²) in [5, 5.41) is 0.933. The van der Waals surface area contributed by atoms with E-state index >= 15 is 0 Å². The standard InChI is InChI=1S/C23H22BrN3O3/c1-2-27(21-12-29-9-14-7-15(24)4-5-16(14)21)23(28)13-3-6-20-17(8-13)18-10-30-11-19(18)22(25)26-20/h3-8,21H,2,9-12H2,1H3,(H2,25,26)/t21-/m1/s1. The molecule has 0 unspecified atom stereocenters. The van der Waals surface area contributed by atoms with E-state index in [4.69, 9.17) is 15.2 Å². The molecular formula is C23H22BrN3O3. The summed E-state index contributed by atoms with van der Waals surface area (Å²) in [6, 6.07) is 11.7. The smallest absolute Gasteiger partial charge is 0.254 e. The number of carbonyl (C=O) groups excluding carboxylic acids is 1. The van der Waals surface area contributed by atoms with Crippen LogP contribution in [0.5, 0.6) is 0 Å². The zero-order valence-corrected chi connectivity index (χ0v) is 18.2. The van der Waals surface area contributed by atoms with Gasteiger partial charge in [0.1, 0.15) is 5.82 Å². The summed E-state index contributed by atoms with van der Waals surface area (Å²) in [6.45, 7) is 4.60. The van der Waals surface area contributed by atoms with E-state index < -0.39 is 0 Å². The van der Waals surface area contributed by atoms with Crippen LogP contribution < -0.4 is 5.73 Å². The quantitative estimate of drug-likeness (QED) is 0.619. The molecule has 0 saturated carbocycles. The van der Waals surface area contributed by atoms with E-state index in [0.29, 0.717) is 44.4 Å². The summed E-state index contributed by atoms with van der Waals surface area (Å²) >= 11 is 3.52. The molecule has 0 fully saturated rings. The van der Waals surface area contributed by atoms with E-state index in [9.17, 15) is 4.79 Å². The zero-order chi connectivity index (χ0) is 20.8. The van der Waals surface area contributed by atoms with Crippen molar-refractivity contribution in [1.29, 1.82) is 0 Å². The van der Waals surface area contributed by atoms with Gasteiger partial charge >= 0.3 is 0 Å². The number of aromatic nitrogens is 1. The molecule has 30 heavy (non-hydrogen) atoms. The van der Waals surface area contributed by atoms with Crippen molar-refractivity contribution in [2.75, 3.05) is 18.9 Å². The third-order valence-electron chi connectivity index (χ3n) is 5.95. The minimum Gasteiger partial charge on any atom is -0.383 e. The normalized spacial score (nSPS) is 17.6. The molecule has 7 heteroatoms. The number of hydrogen-bond acceptors (Lipinski definition) is 5. The number of carbonyl (C=O) groups is 1. The van der Waals surface area contributed by atoms with Crippen molar-refractivity contribution in [2.45, 2.75) is 32.8 Å². The summed E-state index contributed by atoms with van der Waals surface area (Å²) in [4.78, 5) is 19.9. The highest BCUT2D eigenvalue weighted by Crippen LogP contribution is 2.34. The number of pyridine rings is 1. The van der Waals surface area contributed by atoms with Gasteiger partial charge in [-0.15, -0.1) is 0 Å². The fourth-order valence-corrected chi connectivity index (χ4v) is 4.84. The molecule has 2 aliphatic heterocycles. The summed E-state index contributed by atoms with van der Waals surface area (Å²) in [7, 11) is 0. The molecule has 1 atom stereocenters. The highest BCUT2D eigenvalue weighted by Gasteiger charge is 2.30. The lowest BCUT2D eigenvalue weighted by Gasteiger charge is -2.35. The summed E-state index contributed by atoms with van der Waals surface area (Å²) in [5.41, 5.74) is 11.7. The fourth-order valence-electron chi connectivity index (χ4n) is 4.43. The number of nitrogens with two attached hydrogens (primary N) is 1. The maximum absolute atomic E-state index is 13.5. The van der Waals surface area contributed by atoms with Crippen LogP contribution in [0.1, 0.15) is 45.6 Å². The van der Waals surface area contributed by atoms with Crippen LogP contribution in [0.15, 0.2) is 40.9 Å². The molecule has 0 aliphatic carbocycles. The summed E-state index contributed by atoms with van der Waals surface area (Å²) in [6.07, 6.45) is 0. The average molecular weight is 468 g/mol. The number of hydrogen-bond donors (Lipinski definition) is 1. The maximum atomic E-state index is 13.5. The van der Waals surface area contributed by atoms with Crippen molar-refractivity contribution in [1.82, 2.24) is 9.88 Å². The highest BCUT2D eigenvalue weighted by atomic mass is 79.9. The highest BCUT2D eigenvalue weighted by molar-refractivity contribution is 9.10. The number of benzene rings is 2. The van der Waals surface area contributed by atoms with Crippen molar-refractivity contribution in [2.24, 2.45) is 0 Å². The molecule has 1 amide bonds. The second-order valence-corrected chi connectivity index (χ2v) is 8.56. The Hall–Kier alpha value is -2.48. The Morgan fingerprint density at radius 3 is 2.83 bits per heavy atom. The van der Waals surface area contributed by atoms with E-state index in [1.807, 2.05) is 36.1 Å². The molecule has 3 aromatic rings. The van der Waals surface area contributed by atoms with Crippen LogP contribution in [0.25, 0.3) is 10.9 Å². The number of halogens is 1. The minimum atomic E-state index is -0.117. The Balaban J connectivity index is 1.54. The number of rotatable bonds is 3. The van der Waals surface area contributed by atoms with Crippen molar-refractivity contribution in [3.8, 4) is 0 Å². The van der Waals surface area contributed by atoms with Gasteiger partial charge < -0.3 is 20.1 Å². The van der Waals surface area contributed by atoms with Gasteiger partial charge in [-0.2, -0.15) is 0 Å². The van der Waals surface area contributed by atoms with Crippen LogP contribution in [0.3, 0.4) is 0 Å². The zero-order valence-electron chi connectivity index (χ0n) is 16.7.